The highest BCUT2D eigenvalue weighted by atomic mass is 16.1. The number of carbonyl (C=O) groups excluding carboxylic acids is 1. The molecule has 2 bridgehead atoms. The van der Waals surface area contributed by atoms with E-state index >= 15 is 0 Å². The van der Waals surface area contributed by atoms with Gasteiger partial charge in [0.2, 0.25) is 0 Å². The van der Waals surface area contributed by atoms with E-state index in [-0.39, 0.29) is 17.9 Å². The minimum atomic E-state index is 0.191. The molecular weight excluding hydrogens is 454 g/mol. The summed E-state index contributed by atoms with van der Waals surface area (Å²) < 4.78 is 0. The zero-order valence-corrected chi connectivity index (χ0v) is 21.8. The third-order valence-electron chi connectivity index (χ3n) is 9.78. The standard InChI is InChI=1S/C33H37N3O/c37-33-27(19-21-15-23-5-1-11-35-12-2-6-24(16-21)31(23)35)29-9-10-30(34-29)28(33)20-22-17-25-7-3-13-36-14-4-8-26(18-22)32(25)36/h15-20,29-30,34H,1-14H2. The van der Waals surface area contributed by atoms with Crippen LogP contribution in [0.25, 0.3) is 12.2 Å². The van der Waals surface area contributed by atoms with E-state index in [4.69, 9.17) is 0 Å². The fourth-order valence-corrected chi connectivity index (χ4v) is 8.24. The monoisotopic (exact) mass is 491 g/mol. The molecule has 0 spiro atoms. The Labute approximate surface area is 220 Å². The summed E-state index contributed by atoms with van der Waals surface area (Å²) in [6, 6.07) is 9.89. The van der Waals surface area contributed by atoms with E-state index in [1.54, 1.807) is 0 Å². The van der Waals surface area contributed by atoms with Crippen LogP contribution >= 0.6 is 0 Å². The van der Waals surface area contributed by atoms with Crippen LogP contribution in [0, 0.1) is 0 Å². The van der Waals surface area contributed by atoms with Crippen molar-refractivity contribution in [1.29, 1.82) is 0 Å². The number of nitrogens with one attached hydrogen (secondary N) is 1. The lowest BCUT2D eigenvalue weighted by molar-refractivity contribution is -0.113. The van der Waals surface area contributed by atoms with Gasteiger partial charge >= 0.3 is 0 Å². The molecule has 2 aromatic rings. The van der Waals surface area contributed by atoms with Gasteiger partial charge in [0.1, 0.15) is 0 Å². The van der Waals surface area contributed by atoms with E-state index in [1.807, 2.05) is 0 Å². The highest BCUT2D eigenvalue weighted by Gasteiger charge is 2.40. The molecule has 0 radical (unpaired) electrons. The number of fused-ring (bicyclic) bond motifs is 2. The van der Waals surface area contributed by atoms with Crippen LogP contribution in [0.3, 0.4) is 0 Å². The SMILES string of the molecule is O=C1C(=Cc2cc3c4c(c2)CCCN4CCC3)C2CCC(N2)C1=Cc1cc2c3c(c1)CCCN3CCC2. The number of Topliss-reactive ketones (excluding diaryl/α,β-unsaturated/α-hetero) is 1. The first-order valence-corrected chi connectivity index (χ1v) is 14.8. The lowest BCUT2D eigenvalue weighted by Gasteiger charge is -2.37. The second-order valence-corrected chi connectivity index (χ2v) is 12.1. The number of rotatable bonds is 2. The first-order valence-electron chi connectivity index (χ1n) is 14.8. The maximum Gasteiger partial charge on any atom is 0.188 e. The van der Waals surface area contributed by atoms with Crippen LogP contribution in [-0.2, 0) is 30.5 Å². The van der Waals surface area contributed by atoms with E-state index in [0.29, 0.717) is 0 Å². The number of anilines is 2. The molecule has 0 aromatic heterocycles. The van der Waals surface area contributed by atoms with Gasteiger partial charge in [-0.15, -0.1) is 0 Å². The fraction of sp³-hybridized carbons (Fsp3) is 0.485. The normalized spacial score (nSPS) is 28.1. The molecule has 6 heterocycles. The lowest BCUT2D eigenvalue weighted by Crippen LogP contribution is -2.42. The highest BCUT2D eigenvalue weighted by molar-refractivity contribution is 6.16. The molecule has 6 aliphatic heterocycles. The molecule has 0 saturated carbocycles. The average molecular weight is 492 g/mol. The number of ketones is 1. The molecule has 2 atom stereocenters. The molecular formula is C33H37N3O. The molecule has 2 fully saturated rings. The Morgan fingerprint density at radius 2 is 1.00 bits per heavy atom. The predicted octanol–water partition coefficient (Wildman–Crippen LogP) is 5.25. The summed E-state index contributed by atoms with van der Waals surface area (Å²) in [6.07, 6.45) is 16.2. The van der Waals surface area contributed by atoms with Gasteiger partial charge in [-0.1, -0.05) is 0 Å². The Balaban J connectivity index is 1.17. The largest absolute Gasteiger partial charge is 0.371 e. The summed E-state index contributed by atoms with van der Waals surface area (Å²) >= 11 is 0. The Hall–Kier alpha value is -2.85. The van der Waals surface area contributed by atoms with Gasteiger partial charge in [0.25, 0.3) is 0 Å². The summed E-state index contributed by atoms with van der Waals surface area (Å²) in [5, 5.41) is 3.81. The number of nitrogens with zero attached hydrogens (tertiary/aromatic N) is 2. The van der Waals surface area contributed by atoms with Crippen molar-refractivity contribution < 1.29 is 4.79 Å². The molecule has 0 amide bonds. The molecule has 8 rings (SSSR count). The minimum Gasteiger partial charge on any atom is -0.371 e. The summed E-state index contributed by atoms with van der Waals surface area (Å²) in [7, 11) is 0. The third-order valence-corrected chi connectivity index (χ3v) is 9.78. The zero-order valence-electron chi connectivity index (χ0n) is 21.8. The van der Waals surface area contributed by atoms with Gasteiger partial charge in [0, 0.05) is 60.8 Å². The van der Waals surface area contributed by atoms with Gasteiger partial charge in [-0.25, -0.2) is 0 Å². The maximum atomic E-state index is 14.0. The van der Waals surface area contributed by atoms with E-state index in [1.165, 1.54) is 96.6 Å². The Morgan fingerprint density at radius 1 is 0.622 bits per heavy atom. The average Bonchev–Trinajstić information content (AvgIpc) is 3.36. The maximum absolute atomic E-state index is 14.0. The third kappa shape index (κ3) is 3.63. The van der Waals surface area contributed by atoms with Crippen LogP contribution in [-0.4, -0.2) is 44.0 Å². The molecule has 2 saturated heterocycles. The number of benzene rings is 2. The fourth-order valence-electron chi connectivity index (χ4n) is 8.24. The van der Waals surface area contributed by atoms with Crippen molar-refractivity contribution in [2.75, 3.05) is 36.0 Å². The van der Waals surface area contributed by atoms with Crippen molar-refractivity contribution in [3.05, 3.63) is 68.8 Å². The molecule has 2 unspecified atom stereocenters. The molecule has 4 heteroatoms. The number of aryl methyl sites for hydroxylation is 4. The van der Waals surface area contributed by atoms with E-state index in [2.05, 4.69) is 51.5 Å². The quantitative estimate of drug-likeness (QED) is 0.582. The molecule has 6 aliphatic rings. The van der Waals surface area contributed by atoms with Crippen LogP contribution in [0.4, 0.5) is 11.4 Å². The molecule has 0 aliphatic carbocycles. The number of piperidine rings is 1. The second-order valence-electron chi connectivity index (χ2n) is 12.1. The van der Waals surface area contributed by atoms with Crippen LogP contribution in [0.5, 0.6) is 0 Å². The van der Waals surface area contributed by atoms with Gasteiger partial charge in [-0.3, -0.25) is 4.79 Å². The lowest BCUT2D eigenvalue weighted by atomic mass is 9.86. The van der Waals surface area contributed by atoms with Crippen LogP contribution in [0.2, 0.25) is 0 Å². The highest BCUT2D eigenvalue weighted by Crippen LogP contribution is 2.40. The Kier molecular flexibility index (Phi) is 5.15. The molecule has 2 aromatic carbocycles. The summed E-state index contributed by atoms with van der Waals surface area (Å²) in [4.78, 5) is 19.2. The number of hydrogen-bond acceptors (Lipinski definition) is 4. The van der Waals surface area contributed by atoms with Gasteiger partial charge in [0.15, 0.2) is 5.78 Å². The van der Waals surface area contributed by atoms with Crippen molar-refractivity contribution in [3.8, 4) is 0 Å². The van der Waals surface area contributed by atoms with Crippen molar-refractivity contribution in [3.63, 3.8) is 0 Å². The molecule has 4 nitrogen and oxygen atoms in total. The van der Waals surface area contributed by atoms with Gasteiger partial charge in [0.05, 0.1) is 0 Å². The van der Waals surface area contributed by atoms with Crippen molar-refractivity contribution in [2.24, 2.45) is 0 Å². The minimum absolute atomic E-state index is 0.191. The predicted molar refractivity (Wildman–Crippen MR) is 152 cm³/mol. The molecule has 37 heavy (non-hydrogen) atoms. The zero-order chi connectivity index (χ0) is 24.5. The first-order chi connectivity index (χ1) is 18.2. The number of hydrogen-bond donors (Lipinski definition) is 1. The molecule has 1 N–H and O–H groups in total. The van der Waals surface area contributed by atoms with Gasteiger partial charge < -0.3 is 15.1 Å². The van der Waals surface area contributed by atoms with Crippen LogP contribution in [0.15, 0.2) is 35.4 Å². The second kappa shape index (κ2) is 8.59. The number of carbonyl (C=O) groups is 1. The van der Waals surface area contributed by atoms with Crippen LogP contribution < -0.4 is 15.1 Å². The summed E-state index contributed by atoms with van der Waals surface area (Å²) in [6.45, 7) is 4.79. The van der Waals surface area contributed by atoms with Crippen LogP contribution in [0.1, 0.15) is 71.9 Å². The Morgan fingerprint density at radius 3 is 1.38 bits per heavy atom. The van der Waals surface area contributed by atoms with Crippen molar-refractivity contribution in [2.45, 2.75) is 76.3 Å². The summed E-state index contributed by atoms with van der Waals surface area (Å²) in [5.41, 5.74) is 13.4. The summed E-state index contributed by atoms with van der Waals surface area (Å²) in [5.74, 6) is 0.271. The van der Waals surface area contributed by atoms with E-state index in [9.17, 15) is 4.79 Å². The van der Waals surface area contributed by atoms with E-state index in [0.717, 1.165) is 49.7 Å². The smallest absolute Gasteiger partial charge is 0.188 e. The van der Waals surface area contributed by atoms with Gasteiger partial charge in [-0.2, -0.15) is 0 Å². The van der Waals surface area contributed by atoms with E-state index < -0.39 is 0 Å². The first kappa shape index (κ1) is 22.2. The topological polar surface area (TPSA) is 35.6 Å². The van der Waals surface area contributed by atoms with Crippen molar-refractivity contribution in [1.82, 2.24) is 5.32 Å². The molecule has 190 valence electrons. The van der Waals surface area contributed by atoms with Crippen molar-refractivity contribution >= 4 is 29.3 Å². The Bertz CT molecular complexity index is 1200. The van der Waals surface area contributed by atoms with Gasteiger partial charge in [-0.05, 0) is 134 Å².